The first-order valence-electron chi connectivity index (χ1n) is 12.0. The van der Waals surface area contributed by atoms with Crippen molar-refractivity contribution in [2.75, 3.05) is 31.1 Å². The monoisotopic (exact) mass is 481 g/mol. The van der Waals surface area contributed by atoms with Crippen LogP contribution in [0, 0.1) is 5.82 Å². The Morgan fingerprint density at radius 1 is 0.778 bits per heavy atom. The number of rotatable bonds is 5. The first-order valence-corrected chi connectivity index (χ1v) is 12.0. The third-order valence-corrected chi connectivity index (χ3v) is 6.92. The fourth-order valence-corrected chi connectivity index (χ4v) is 5.03. The molecule has 0 saturated carbocycles. The van der Waals surface area contributed by atoms with Gasteiger partial charge in [0.05, 0.1) is 34.4 Å². The third kappa shape index (κ3) is 3.99. The van der Waals surface area contributed by atoms with Crippen molar-refractivity contribution < 1.29 is 14.0 Å². The van der Waals surface area contributed by atoms with Crippen molar-refractivity contribution in [3.8, 4) is 0 Å². The van der Waals surface area contributed by atoms with Crippen LogP contribution in [0.15, 0.2) is 73.1 Å². The summed E-state index contributed by atoms with van der Waals surface area (Å²) in [6.45, 7) is 3.84. The zero-order valence-corrected chi connectivity index (χ0v) is 19.6. The van der Waals surface area contributed by atoms with Gasteiger partial charge in [-0.2, -0.15) is 0 Å². The molecule has 4 aromatic rings. The fraction of sp³-hybridized carbons (Fsp3) is 0.214. The second-order valence-electron chi connectivity index (χ2n) is 9.13. The molecule has 0 unspecified atom stereocenters. The van der Waals surface area contributed by atoms with E-state index in [4.69, 9.17) is 0 Å². The van der Waals surface area contributed by atoms with Gasteiger partial charge in [0.15, 0.2) is 0 Å². The van der Waals surface area contributed by atoms with E-state index < -0.39 is 5.82 Å². The van der Waals surface area contributed by atoms with Crippen LogP contribution in [-0.4, -0.2) is 57.8 Å². The second kappa shape index (κ2) is 9.13. The van der Waals surface area contributed by atoms with E-state index in [1.165, 1.54) is 11.6 Å². The van der Waals surface area contributed by atoms with Gasteiger partial charge in [0.1, 0.15) is 5.82 Å². The van der Waals surface area contributed by atoms with Crippen molar-refractivity contribution in [2.24, 2.45) is 0 Å². The molecule has 2 aliphatic rings. The van der Waals surface area contributed by atoms with Crippen molar-refractivity contribution in [3.05, 3.63) is 101 Å². The number of halogens is 1. The largest absolute Gasteiger partial charge is 0.368 e. The summed E-state index contributed by atoms with van der Waals surface area (Å²) in [5.41, 5.74) is 4.84. The first-order chi connectivity index (χ1) is 17.6. The average Bonchev–Trinajstić information content (AvgIpc) is 3.15. The topological polar surface area (TPSA) is 69.6 Å². The molecule has 2 aliphatic heterocycles. The van der Waals surface area contributed by atoms with Crippen LogP contribution < -0.4 is 4.90 Å². The molecule has 8 heteroatoms. The van der Waals surface area contributed by atoms with E-state index in [2.05, 4.69) is 31.9 Å². The highest BCUT2D eigenvalue weighted by atomic mass is 19.1. The van der Waals surface area contributed by atoms with Gasteiger partial charge < -0.3 is 4.90 Å². The molecule has 3 aromatic carbocycles. The molecule has 1 saturated heterocycles. The predicted molar refractivity (Wildman–Crippen MR) is 134 cm³/mol. The van der Waals surface area contributed by atoms with Crippen LogP contribution in [0.5, 0.6) is 0 Å². The van der Waals surface area contributed by atoms with Gasteiger partial charge in [-0.25, -0.2) is 4.39 Å². The molecule has 0 radical (unpaired) electrons. The number of fused-ring (bicyclic) bond motifs is 2. The van der Waals surface area contributed by atoms with Gasteiger partial charge in [0.25, 0.3) is 11.8 Å². The first kappa shape index (κ1) is 22.3. The summed E-state index contributed by atoms with van der Waals surface area (Å²) in [7, 11) is 0. The Morgan fingerprint density at radius 2 is 1.56 bits per heavy atom. The number of piperazine rings is 1. The number of amides is 2. The molecule has 1 aromatic heterocycles. The Balaban J connectivity index is 1.17. The summed E-state index contributed by atoms with van der Waals surface area (Å²) in [5, 5.41) is 0. The van der Waals surface area contributed by atoms with E-state index in [0.29, 0.717) is 16.7 Å². The maximum absolute atomic E-state index is 14.2. The zero-order valence-electron chi connectivity index (χ0n) is 19.6. The van der Waals surface area contributed by atoms with Crippen molar-refractivity contribution in [1.82, 2.24) is 19.8 Å². The Labute approximate surface area is 207 Å². The Morgan fingerprint density at radius 3 is 2.36 bits per heavy atom. The van der Waals surface area contributed by atoms with Crippen molar-refractivity contribution in [1.29, 1.82) is 0 Å². The van der Waals surface area contributed by atoms with Crippen LogP contribution in [0.3, 0.4) is 0 Å². The molecular formula is C28H24FN5O2. The van der Waals surface area contributed by atoms with E-state index in [1.807, 2.05) is 18.2 Å². The van der Waals surface area contributed by atoms with Gasteiger partial charge in [-0.05, 0) is 35.9 Å². The smallest absolute Gasteiger partial charge is 0.263 e. The number of hydrogen-bond acceptors (Lipinski definition) is 6. The lowest BCUT2D eigenvalue weighted by Gasteiger charge is -2.36. The highest BCUT2D eigenvalue weighted by molar-refractivity contribution is 6.23. The normalized spacial score (nSPS) is 16.1. The molecule has 2 amide bonds. The van der Waals surface area contributed by atoms with Gasteiger partial charge in [0.2, 0.25) is 0 Å². The third-order valence-electron chi connectivity index (χ3n) is 6.92. The van der Waals surface area contributed by atoms with Crippen molar-refractivity contribution in [2.45, 2.75) is 13.1 Å². The standard InChI is InChI=1S/C28H24FN5O2/c29-22-6-2-1-4-20(22)18-34-27(35)21-5-3-7-25(26(21)28(34)36)33-14-12-32(13-15-33)17-19-8-9-23-24(16-19)31-11-10-30-23/h1-11,16H,12-15,17-18H2. The van der Waals surface area contributed by atoms with Crippen LogP contribution in [0.25, 0.3) is 11.0 Å². The Hall–Kier alpha value is -4.17. The number of benzene rings is 3. The van der Waals surface area contributed by atoms with E-state index in [9.17, 15) is 14.0 Å². The summed E-state index contributed by atoms with van der Waals surface area (Å²) < 4.78 is 14.2. The molecule has 3 heterocycles. The minimum Gasteiger partial charge on any atom is -0.368 e. The average molecular weight is 482 g/mol. The number of anilines is 1. The number of carbonyl (C=O) groups is 2. The van der Waals surface area contributed by atoms with E-state index in [0.717, 1.165) is 54.3 Å². The van der Waals surface area contributed by atoms with E-state index in [1.54, 1.807) is 36.7 Å². The molecule has 180 valence electrons. The lowest BCUT2D eigenvalue weighted by Crippen LogP contribution is -2.46. The van der Waals surface area contributed by atoms with Gasteiger partial charge >= 0.3 is 0 Å². The van der Waals surface area contributed by atoms with Gasteiger partial charge in [-0.15, -0.1) is 0 Å². The van der Waals surface area contributed by atoms with Gasteiger partial charge in [-0.3, -0.25) is 29.4 Å². The summed E-state index contributed by atoms with van der Waals surface area (Å²) in [4.78, 5) is 40.8. The minimum atomic E-state index is -0.427. The highest BCUT2D eigenvalue weighted by Gasteiger charge is 2.39. The van der Waals surface area contributed by atoms with Gasteiger partial charge in [0, 0.05) is 50.7 Å². The molecule has 0 aliphatic carbocycles. The van der Waals surface area contributed by atoms with E-state index >= 15 is 0 Å². The summed E-state index contributed by atoms with van der Waals surface area (Å²) in [6.07, 6.45) is 3.39. The van der Waals surface area contributed by atoms with Crippen molar-refractivity contribution >= 4 is 28.5 Å². The fourth-order valence-electron chi connectivity index (χ4n) is 5.03. The summed E-state index contributed by atoms with van der Waals surface area (Å²) >= 11 is 0. The lowest BCUT2D eigenvalue weighted by atomic mass is 10.1. The molecule has 0 spiro atoms. The van der Waals surface area contributed by atoms with Crippen LogP contribution in [0.1, 0.15) is 31.8 Å². The number of hydrogen-bond donors (Lipinski definition) is 0. The number of nitrogens with zero attached hydrogens (tertiary/aromatic N) is 5. The Kier molecular flexibility index (Phi) is 5.65. The second-order valence-corrected chi connectivity index (χ2v) is 9.13. The molecule has 0 N–H and O–H groups in total. The molecular weight excluding hydrogens is 457 g/mol. The van der Waals surface area contributed by atoms with Gasteiger partial charge in [-0.1, -0.05) is 30.3 Å². The Bertz CT molecular complexity index is 1480. The van der Waals surface area contributed by atoms with Crippen LogP contribution >= 0.6 is 0 Å². The molecule has 6 rings (SSSR count). The van der Waals surface area contributed by atoms with Crippen molar-refractivity contribution in [3.63, 3.8) is 0 Å². The molecule has 0 bridgehead atoms. The number of aromatic nitrogens is 2. The molecule has 0 atom stereocenters. The maximum atomic E-state index is 14.2. The number of carbonyl (C=O) groups excluding carboxylic acids is 2. The summed E-state index contributed by atoms with van der Waals surface area (Å²) in [5.74, 6) is -1.17. The summed E-state index contributed by atoms with van der Waals surface area (Å²) in [6, 6.07) is 17.8. The van der Waals surface area contributed by atoms with E-state index in [-0.39, 0.29) is 18.4 Å². The van der Waals surface area contributed by atoms with Crippen LogP contribution in [-0.2, 0) is 13.1 Å². The lowest BCUT2D eigenvalue weighted by molar-refractivity contribution is 0.0641. The molecule has 7 nitrogen and oxygen atoms in total. The minimum absolute atomic E-state index is 0.0810. The number of imide groups is 1. The SMILES string of the molecule is O=C1c2cccc(N3CCN(Cc4ccc5nccnc5c4)CC3)c2C(=O)N1Cc1ccccc1F. The molecule has 36 heavy (non-hydrogen) atoms. The predicted octanol–water partition coefficient (Wildman–Crippen LogP) is 3.89. The zero-order chi connectivity index (χ0) is 24.6. The maximum Gasteiger partial charge on any atom is 0.263 e. The van der Waals surface area contributed by atoms with Crippen LogP contribution in [0.4, 0.5) is 10.1 Å². The highest BCUT2D eigenvalue weighted by Crippen LogP contribution is 2.33. The molecule has 1 fully saturated rings. The quantitative estimate of drug-likeness (QED) is 0.403. The van der Waals surface area contributed by atoms with Crippen LogP contribution in [0.2, 0.25) is 0 Å².